The van der Waals surface area contributed by atoms with Gasteiger partial charge in [0, 0.05) is 0 Å². The first kappa shape index (κ1) is 8.30. The molecule has 72 valence electrons. The summed E-state index contributed by atoms with van der Waals surface area (Å²) in [4.78, 5) is 29.3. The number of amides is 2. The monoisotopic (exact) mass is 218 g/mol. The molecule has 0 saturated carbocycles. The number of aromatic nitrogens is 2. The van der Waals surface area contributed by atoms with Gasteiger partial charge >= 0.3 is 11.8 Å². The lowest BCUT2D eigenvalue weighted by molar-refractivity contribution is -0.135. The third-order valence-corrected chi connectivity index (χ3v) is 2.54. The van der Waals surface area contributed by atoms with Crippen LogP contribution in [-0.4, -0.2) is 20.6 Å². The van der Waals surface area contributed by atoms with Crippen molar-refractivity contribution in [1.29, 1.82) is 0 Å². The van der Waals surface area contributed by atoms with Gasteiger partial charge in [0.2, 0.25) is 0 Å². The van der Waals surface area contributed by atoms with E-state index >= 15 is 0 Å². The van der Waals surface area contributed by atoms with Crippen LogP contribution < -0.4 is 10.7 Å². The van der Waals surface area contributed by atoms with Gasteiger partial charge in [-0.1, -0.05) is 0 Å². The Kier molecular flexibility index (Phi) is 1.51. The van der Waals surface area contributed by atoms with Crippen molar-refractivity contribution in [3.05, 3.63) is 22.8 Å². The van der Waals surface area contributed by atoms with Crippen molar-refractivity contribution in [3.63, 3.8) is 0 Å². The van der Waals surface area contributed by atoms with Crippen LogP contribution in [-0.2, 0) is 9.59 Å². The number of carbonyl (C=O) groups is 2. The number of benzene rings is 1. The molecular formula is C8H2N4O2S. The summed E-state index contributed by atoms with van der Waals surface area (Å²) in [5.74, 6) is -1.70. The van der Waals surface area contributed by atoms with Crippen molar-refractivity contribution in [2.24, 2.45) is 9.98 Å². The molecule has 2 amide bonds. The molecule has 2 aromatic rings. The molecule has 0 fully saturated rings. The van der Waals surface area contributed by atoms with E-state index in [4.69, 9.17) is 0 Å². The number of nitrogens with zero attached hydrogens (tertiary/aromatic N) is 4. The van der Waals surface area contributed by atoms with Crippen molar-refractivity contribution in [2.45, 2.75) is 0 Å². The Labute approximate surface area is 86.3 Å². The molecule has 0 unspecified atom stereocenters. The fourth-order valence-corrected chi connectivity index (χ4v) is 1.87. The highest BCUT2D eigenvalue weighted by Crippen LogP contribution is 2.04. The lowest BCUT2D eigenvalue weighted by Gasteiger charge is -1.96. The summed E-state index contributed by atoms with van der Waals surface area (Å²) in [6.07, 6.45) is 0. The average molecular weight is 218 g/mol. The van der Waals surface area contributed by atoms with Crippen LogP contribution >= 0.6 is 11.7 Å². The van der Waals surface area contributed by atoms with Crippen LogP contribution in [0.15, 0.2) is 22.1 Å². The lowest BCUT2D eigenvalue weighted by atomic mass is 10.2. The largest absolute Gasteiger partial charge is 0.338 e. The van der Waals surface area contributed by atoms with E-state index in [2.05, 4.69) is 18.7 Å². The van der Waals surface area contributed by atoms with E-state index in [1.807, 2.05) is 0 Å². The topological polar surface area (TPSA) is 84.6 Å². The Bertz CT molecular complexity index is 718. The van der Waals surface area contributed by atoms with Gasteiger partial charge in [0.25, 0.3) is 0 Å². The summed E-state index contributed by atoms with van der Waals surface area (Å²) < 4.78 is 8.01. The van der Waals surface area contributed by atoms with E-state index in [1.165, 1.54) is 0 Å². The van der Waals surface area contributed by atoms with E-state index < -0.39 is 11.8 Å². The van der Waals surface area contributed by atoms with Crippen LogP contribution in [0.2, 0.25) is 0 Å². The van der Waals surface area contributed by atoms with Crippen LogP contribution in [0.3, 0.4) is 0 Å². The first-order valence-electron chi connectivity index (χ1n) is 4.03. The minimum Gasteiger partial charge on any atom is -0.261 e. The van der Waals surface area contributed by atoms with Gasteiger partial charge in [0.05, 0.1) is 17.1 Å². The lowest BCUT2D eigenvalue weighted by Crippen LogP contribution is -2.34. The highest BCUT2D eigenvalue weighted by atomic mass is 32.1. The predicted molar refractivity (Wildman–Crippen MR) is 49.7 cm³/mol. The highest BCUT2D eigenvalue weighted by Gasteiger charge is 2.17. The standard InChI is InChI=1S/C8H2N4O2S/c13-7-8(14)10-5-3(9-7)1-2-4-6(5)12-15-11-4/h1-2H. The van der Waals surface area contributed by atoms with E-state index in [0.29, 0.717) is 21.7 Å². The van der Waals surface area contributed by atoms with E-state index in [9.17, 15) is 9.59 Å². The van der Waals surface area contributed by atoms with Gasteiger partial charge in [0.15, 0.2) is 0 Å². The van der Waals surface area contributed by atoms with Crippen LogP contribution in [0.5, 0.6) is 0 Å². The summed E-state index contributed by atoms with van der Waals surface area (Å²) in [6, 6.07) is 3.30. The van der Waals surface area contributed by atoms with E-state index in [1.54, 1.807) is 12.1 Å². The predicted octanol–water partition coefficient (Wildman–Crippen LogP) is -1.00. The Balaban J connectivity index is 2.60. The maximum absolute atomic E-state index is 11.1. The highest BCUT2D eigenvalue weighted by molar-refractivity contribution is 7.00. The first-order chi connectivity index (χ1) is 7.25. The Morgan fingerprint density at radius 1 is 1.00 bits per heavy atom. The Morgan fingerprint density at radius 3 is 2.67 bits per heavy atom. The van der Waals surface area contributed by atoms with Crippen molar-refractivity contribution in [2.75, 3.05) is 0 Å². The van der Waals surface area contributed by atoms with Crippen molar-refractivity contribution >= 4 is 34.6 Å². The molecule has 0 atom stereocenters. The SMILES string of the molecule is O=C1N=c2ccc3nsnc3c2=NC1=O. The quantitative estimate of drug-likeness (QED) is 0.531. The maximum atomic E-state index is 11.1. The first-order valence-corrected chi connectivity index (χ1v) is 4.76. The minimum absolute atomic E-state index is 0.339. The molecule has 1 aromatic carbocycles. The second-order valence-electron chi connectivity index (χ2n) is 2.90. The van der Waals surface area contributed by atoms with Crippen molar-refractivity contribution in [3.8, 4) is 0 Å². The molecule has 15 heavy (non-hydrogen) atoms. The number of rotatable bonds is 0. The second kappa shape index (κ2) is 2.74. The number of fused-ring (bicyclic) bond motifs is 3. The minimum atomic E-state index is -0.858. The molecule has 0 aliphatic carbocycles. The summed E-state index contributed by atoms with van der Waals surface area (Å²) in [6.45, 7) is 0. The van der Waals surface area contributed by atoms with Gasteiger partial charge in [-0.3, -0.25) is 9.59 Å². The summed E-state index contributed by atoms with van der Waals surface area (Å²) in [5.41, 5.74) is 1.17. The van der Waals surface area contributed by atoms with Gasteiger partial charge < -0.3 is 0 Å². The van der Waals surface area contributed by atoms with Crippen molar-refractivity contribution < 1.29 is 9.59 Å². The molecular weight excluding hydrogens is 216 g/mol. The van der Waals surface area contributed by atoms with Gasteiger partial charge in [-0.25, -0.2) is 9.98 Å². The molecule has 2 heterocycles. The molecule has 7 heteroatoms. The average Bonchev–Trinajstić information content (AvgIpc) is 2.68. The Hall–Kier alpha value is -2.02. The van der Waals surface area contributed by atoms with Gasteiger partial charge in [-0.15, -0.1) is 0 Å². The summed E-state index contributed by atoms with van der Waals surface area (Å²) in [7, 11) is 0. The normalized spacial score (nSPS) is 14.7. The second-order valence-corrected chi connectivity index (χ2v) is 3.43. The molecule has 6 nitrogen and oxygen atoms in total. The van der Waals surface area contributed by atoms with Gasteiger partial charge in [0.1, 0.15) is 16.4 Å². The molecule has 0 spiro atoms. The zero-order valence-electron chi connectivity index (χ0n) is 7.17. The Morgan fingerprint density at radius 2 is 1.80 bits per heavy atom. The van der Waals surface area contributed by atoms with Crippen LogP contribution in [0, 0.1) is 0 Å². The maximum Gasteiger partial charge on any atom is 0.338 e. The molecule has 0 bridgehead atoms. The summed E-state index contributed by atoms with van der Waals surface area (Å²) in [5, 5.41) is 0.714. The van der Waals surface area contributed by atoms with Crippen LogP contribution in [0.25, 0.3) is 11.0 Å². The molecule has 0 N–H and O–H groups in total. The molecule has 1 aromatic heterocycles. The van der Waals surface area contributed by atoms with Gasteiger partial charge in [-0.05, 0) is 12.1 Å². The summed E-state index contributed by atoms with van der Waals surface area (Å²) >= 11 is 1.03. The van der Waals surface area contributed by atoms with Crippen molar-refractivity contribution in [1.82, 2.24) is 8.75 Å². The van der Waals surface area contributed by atoms with E-state index in [0.717, 1.165) is 11.7 Å². The third-order valence-electron chi connectivity index (χ3n) is 2.00. The zero-order valence-corrected chi connectivity index (χ0v) is 7.98. The van der Waals surface area contributed by atoms with E-state index in [-0.39, 0.29) is 0 Å². The smallest absolute Gasteiger partial charge is 0.261 e. The molecule has 3 rings (SSSR count). The fraction of sp³-hybridized carbons (Fsp3) is 0. The zero-order chi connectivity index (χ0) is 10.4. The molecule has 1 aliphatic heterocycles. The third kappa shape index (κ3) is 1.10. The molecule has 1 aliphatic rings. The fourth-order valence-electron chi connectivity index (χ4n) is 1.33. The molecule has 0 saturated heterocycles. The molecule has 0 radical (unpaired) electrons. The van der Waals surface area contributed by atoms with Crippen LogP contribution in [0.1, 0.15) is 0 Å². The number of hydrogen-bond acceptors (Lipinski definition) is 5. The number of hydrogen-bond donors (Lipinski definition) is 0. The van der Waals surface area contributed by atoms with Crippen LogP contribution in [0.4, 0.5) is 0 Å². The van der Waals surface area contributed by atoms with Gasteiger partial charge in [-0.2, -0.15) is 8.75 Å². The number of carbonyl (C=O) groups excluding carboxylic acids is 2.